The maximum absolute atomic E-state index is 10.1. The highest BCUT2D eigenvalue weighted by atomic mass is 16.7. The molecule has 0 unspecified atom stereocenters. The third-order valence-electron chi connectivity index (χ3n) is 3.54. The average molecular weight is 272 g/mol. The minimum Gasteiger partial charge on any atom is -0.356 e. The van der Waals surface area contributed by atoms with Crippen LogP contribution in [0.2, 0.25) is 0 Å². The van der Waals surface area contributed by atoms with Crippen molar-refractivity contribution in [3.8, 4) is 0 Å². The fourth-order valence-corrected chi connectivity index (χ4v) is 2.28. The monoisotopic (exact) mass is 272 g/mol. The number of rotatable bonds is 15. The van der Waals surface area contributed by atoms with E-state index in [1.54, 1.807) is 14.2 Å². The Morgan fingerprint density at radius 3 is 1.58 bits per heavy atom. The molecule has 19 heavy (non-hydrogen) atoms. The van der Waals surface area contributed by atoms with Crippen molar-refractivity contribution in [1.29, 1.82) is 0 Å². The maximum Gasteiger partial charge on any atom is 0.156 e. The molecule has 0 atom stereocenters. The van der Waals surface area contributed by atoms with Gasteiger partial charge in [-0.05, 0) is 19.3 Å². The molecule has 0 radical (unpaired) electrons. The van der Waals surface area contributed by atoms with Gasteiger partial charge >= 0.3 is 0 Å². The molecule has 0 spiro atoms. The van der Waals surface area contributed by atoms with Crippen LogP contribution in [0.25, 0.3) is 0 Å². The van der Waals surface area contributed by atoms with E-state index in [2.05, 4.69) is 0 Å². The molecule has 0 aliphatic rings. The standard InChI is InChI=1S/C16H32O3/c1-18-16(19-2)14-12-10-8-6-4-3-5-7-9-11-13-15-17/h15-16H,3-14H2,1-2H3. The van der Waals surface area contributed by atoms with Gasteiger partial charge in [0.05, 0.1) is 0 Å². The van der Waals surface area contributed by atoms with Gasteiger partial charge in [-0.15, -0.1) is 0 Å². The van der Waals surface area contributed by atoms with Crippen molar-refractivity contribution in [2.45, 2.75) is 83.3 Å². The Labute approximate surface area is 119 Å². The Bertz CT molecular complexity index is 179. The molecule has 0 aliphatic carbocycles. The van der Waals surface area contributed by atoms with Gasteiger partial charge in [0, 0.05) is 20.6 Å². The van der Waals surface area contributed by atoms with Crippen LogP contribution >= 0.6 is 0 Å². The van der Waals surface area contributed by atoms with Crippen molar-refractivity contribution >= 4 is 6.29 Å². The van der Waals surface area contributed by atoms with E-state index < -0.39 is 0 Å². The van der Waals surface area contributed by atoms with Gasteiger partial charge in [-0.2, -0.15) is 0 Å². The predicted molar refractivity (Wildman–Crippen MR) is 79.3 cm³/mol. The highest BCUT2D eigenvalue weighted by molar-refractivity contribution is 5.48. The van der Waals surface area contributed by atoms with Gasteiger partial charge in [0.1, 0.15) is 6.29 Å². The van der Waals surface area contributed by atoms with Crippen LogP contribution in [-0.4, -0.2) is 26.8 Å². The minimum atomic E-state index is -0.0219. The van der Waals surface area contributed by atoms with E-state index in [9.17, 15) is 4.79 Å². The topological polar surface area (TPSA) is 35.5 Å². The second-order valence-electron chi connectivity index (χ2n) is 5.18. The zero-order valence-electron chi connectivity index (χ0n) is 12.9. The van der Waals surface area contributed by atoms with E-state index in [-0.39, 0.29) is 6.29 Å². The third-order valence-corrected chi connectivity index (χ3v) is 3.54. The van der Waals surface area contributed by atoms with E-state index in [1.807, 2.05) is 0 Å². The molecule has 3 heteroatoms. The summed E-state index contributed by atoms with van der Waals surface area (Å²) in [7, 11) is 3.40. The predicted octanol–water partition coefficient (Wildman–Crippen LogP) is 4.49. The van der Waals surface area contributed by atoms with Crippen LogP contribution in [0.5, 0.6) is 0 Å². The molecule has 0 heterocycles. The van der Waals surface area contributed by atoms with Gasteiger partial charge in [0.2, 0.25) is 0 Å². The lowest BCUT2D eigenvalue weighted by atomic mass is 10.1. The number of hydrogen-bond donors (Lipinski definition) is 0. The number of carbonyl (C=O) groups is 1. The van der Waals surface area contributed by atoms with Crippen LogP contribution in [0, 0.1) is 0 Å². The van der Waals surface area contributed by atoms with Crippen LogP contribution in [0.1, 0.15) is 77.0 Å². The zero-order valence-corrected chi connectivity index (χ0v) is 12.9. The third kappa shape index (κ3) is 13.8. The molecule has 0 saturated carbocycles. The highest BCUT2D eigenvalue weighted by Crippen LogP contribution is 2.13. The first-order valence-corrected chi connectivity index (χ1v) is 7.84. The molecule has 0 amide bonds. The Morgan fingerprint density at radius 2 is 1.16 bits per heavy atom. The van der Waals surface area contributed by atoms with Crippen LogP contribution in [0.4, 0.5) is 0 Å². The van der Waals surface area contributed by atoms with Crippen molar-refractivity contribution < 1.29 is 14.3 Å². The van der Waals surface area contributed by atoms with E-state index in [0.717, 1.165) is 25.5 Å². The first kappa shape index (κ1) is 18.6. The quantitative estimate of drug-likeness (QED) is 0.250. The smallest absolute Gasteiger partial charge is 0.156 e. The van der Waals surface area contributed by atoms with E-state index >= 15 is 0 Å². The summed E-state index contributed by atoms with van der Waals surface area (Å²) >= 11 is 0. The molecule has 0 bridgehead atoms. The zero-order chi connectivity index (χ0) is 14.2. The first-order chi connectivity index (χ1) is 9.35. The SMILES string of the molecule is COC(CCCCCCCCCCCCC=O)OC. The molecule has 3 nitrogen and oxygen atoms in total. The second-order valence-corrected chi connectivity index (χ2v) is 5.18. The van der Waals surface area contributed by atoms with E-state index in [4.69, 9.17) is 9.47 Å². The van der Waals surface area contributed by atoms with E-state index in [0.29, 0.717) is 0 Å². The lowest BCUT2D eigenvalue weighted by Crippen LogP contribution is -2.12. The number of ether oxygens (including phenoxy) is 2. The lowest BCUT2D eigenvalue weighted by molar-refractivity contribution is -0.108. The van der Waals surface area contributed by atoms with Crippen molar-refractivity contribution in [2.24, 2.45) is 0 Å². The summed E-state index contributed by atoms with van der Waals surface area (Å²) in [6, 6.07) is 0. The molecule has 0 aromatic rings. The second kappa shape index (κ2) is 15.6. The summed E-state index contributed by atoms with van der Waals surface area (Å²) in [5.74, 6) is 0. The molecule has 0 aromatic heterocycles. The van der Waals surface area contributed by atoms with Gasteiger partial charge in [0.15, 0.2) is 6.29 Å². The largest absolute Gasteiger partial charge is 0.356 e. The first-order valence-electron chi connectivity index (χ1n) is 7.84. The van der Waals surface area contributed by atoms with Crippen molar-refractivity contribution in [3.63, 3.8) is 0 Å². The number of carbonyl (C=O) groups excluding carboxylic acids is 1. The van der Waals surface area contributed by atoms with Gasteiger partial charge < -0.3 is 14.3 Å². The van der Waals surface area contributed by atoms with Gasteiger partial charge in [0.25, 0.3) is 0 Å². The Morgan fingerprint density at radius 1 is 0.737 bits per heavy atom. The highest BCUT2D eigenvalue weighted by Gasteiger charge is 2.03. The van der Waals surface area contributed by atoms with Crippen molar-refractivity contribution in [1.82, 2.24) is 0 Å². The molecular formula is C16H32O3. The number of methoxy groups -OCH3 is 2. The summed E-state index contributed by atoms with van der Waals surface area (Å²) in [5, 5.41) is 0. The fraction of sp³-hybridized carbons (Fsp3) is 0.938. The summed E-state index contributed by atoms with van der Waals surface area (Å²) in [6.07, 6.45) is 15.5. The molecule has 0 fully saturated rings. The average Bonchev–Trinajstić information content (AvgIpc) is 2.44. The summed E-state index contributed by atoms with van der Waals surface area (Å²) in [6.45, 7) is 0. The minimum absolute atomic E-state index is 0.0219. The number of unbranched alkanes of at least 4 members (excludes halogenated alkanes) is 10. The molecule has 0 aromatic carbocycles. The lowest BCUT2D eigenvalue weighted by Gasteiger charge is -2.12. The fourth-order valence-electron chi connectivity index (χ4n) is 2.28. The molecule has 0 rings (SSSR count). The van der Waals surface area contributed by atoms with Crippen molar-refractivity contribution in [2.75, 3.05) is 14.2 Å². The van der Waals surface area contributed by atoms with Crippen LogP contribution in [0.15, 0.2) is 0 Å². The normalized spacial score (nSPS) is 11.1. The van der Waals surface area contributed by atoms with Crippen molar-refractivity contribution in [3.05, 3.63) is 0 Å². The van der Waals surface area contributed by atoms with Crippen LogP contribution in [0.3, 0.4) is 0 Å². The van der Waals surface area contributed by atoms with Gasteiger partial charge in [-0.1, -0.05) is 51.4 Å². The molecule has 0 N–H and O–H groups in total. The number of hydrogen-bond acceptors (Lipinski definition) is 3. The Balaban J connectivity index is 3.04. The Hall–Kier alpha value is -0.410. The Kier molecular flexibility index (Phi) is 15.3. The molecule has 0 saturated heterocycles. The summed E-state index contributed by atoms with van der Waals surface area (Å²) < 4.78 is 10.3. The van der Waals surface area contributed by atoms with Crippen LogP contribution in [-0.2, 0) is 14.3 Å². The summed E-state index contributed by atoms with van der Waals surface area (Å²) in [4.78, 5) is 10.1. The molecular weight excluding hydrogens is 240 g/mol. The molecule has 0 aliphatic heterocycles. The molecule has 114 valence electrons. The maximum atomic E-state index is 10.1. The summed E-state index contributed by atoms with van der Waals surface area (Å²) in [5.41, 5.74) is 0. The van der Waals surface area contributed by atoms with Gasteiger partial charge in [-0.25, -0.2) is 0 Å². The van der Waals surface area contributed by atoms with Gasteiger partial charge in [-0.3, -0.25) is 0 Å². The number of aldehydes is 1. The van der Waals surface area contributed by atoms with Crippen LogP contribution < -0.4 is 0 Å². The van der Waals surface area contributed by atoms with E-state index in [1.165, 1.54) is 57.8 Å².